The summed E-state index contributed by atoms with van der Waals surface area (Å²) in [6, 6.07) is 0. The van der Waals surface area contributed by atoms with Crippen molar-refractivity contribution in [1.29, 1.82) is 0 Å². The summed E-state index contributed by atoms with van der Waals surface area (Å²) in [6.07, 6.45) is 15.9. The molecule has 1 heterocycles. The molecular weight excluding hydrogens is 296 g/mol. The van der Waals surface area contributed by atoms with E-state index in [-0.39, 0.29) is 17.0 Å². The van der Waals surface area contributed by atoms with Crippen LogP contribution >= 0.6 is 12.6 Å². The minimum Gasteiger partial charge on any atom is -1.00 e. The molecule has 0 saturated carbocycles. The van der Waals surface area contributed by atoms with Gasteiger partial charge in [0.15, 0.2) is 0 Å². The molecule has 1 aromatic heterocycles. The van der Waals surface area contributed by atoms with Crippen molar-refractivity contribution in [1.82, 2.24) is 4.57 Å². The van der Waals surface area contributed by atoms with Gasteiger partial charge in [0.2, 0.25) is 6.33 Å². The highest BCUT2D eigenvalue weighted by Gasteiger charge is 1.98. The number of rotatable bonds is 9. The zero-order valence-electron chi connectivity index (χ0n) is 10.8. The molecular formula is C13H25BrN2S. The summed E-state index contributed by atoms with van der Waals surface area (Å²) in [7, 11) is 2.07. The molecule has 0 spiro atoms. The molecule has 2 nitrogen and oxygen atoms in total. The van der Waals surface area contributed by atoms with Crippen LogP contribution in [0.4, 0.5) is 0 Å². The van der Waals surface area contributed by atoms with Crippen molar-refractivity contribution in [3.05, 3.63) is 18.7 Å². The maximum absolute atomic E-state index is 4.22. The van der Waals surface area contributed by atoms with E-state index in [9.17, 15) is 0 Å². The third-order valence-corrected chi connectivity index (χ3v) is 3.21. The molecule has 17 heavy (non-hydrogen) atoms. The fourth-order valence-corrected chi connectivity index (χ4v) is 2.15. The van der Waals surface area contributed by atoms with Crippen LogP contribution in [-0.2, 0) is 13.6 Å². The van der Waals surface area contributed by atoms with Gasteiger partial charge in [-0.2, -0.15) is 12.6 Å². The Morgan fingerprint density at radius 2 is 1.59 bits per heavy atom. The third kappa shape index (κ3) is 8.72. The quantitative estimate of drug-likeness (QED) is 0.372. The highest BCUT2D eigenvalue weighted by Crippen LogP contribution is 2.08. The van der Waals surface area contributed by atoms with Crippen LogP contribution in [0, 0.1) is 0 Å². The van der Waals surface area contributed by atoms with Crippen molar-refractivity contribution in [2.75, 3.05) is 5.75 Å². The summed E-state index contributed by atoms with van der Waals surface area (Å²) >= 11 is 4.22. The van der Waals surface area contributed by atoms with Gasteiger partial charge in [0.05, 0.1) is 13.6 Å². The molecule has 0 N–H and O–H groups in total. The average Bonchev–Trinajstić information content (AvgIpc) is 2.68. The van der Waals surface area contributed by atoms with Crippen LogP contribution in [0.3, 0.4) is 0 Å². The van der Waals surface area contributed by atoms with Gasteiger partial charge in [0, 0.05) is 0 Å². The lowest BCUT2D eigenvalue weighted by Crippen LogP contribution is -3.00. The van der Waals surface area contributed by atoms with Crippen molar-refractivity contribution in [3.8, 4) is 0 Å². The van der Waals surface area contributed by atoms with Gasteiger partial charge in [-0.1, -0.05) is 25.7 Å². The molecule has 0 aliphatic carbocycles. The lowest BCUT2D eigenvalue weighted by molar-refractivity contribution is -0.671. The van der Waals surface area contributed by atoms with Crippen LogP contribution in [0.1, 0.15) is 44.9 Å². The van der Waals surface area contributed by atoms with E-state index in [1.165, 1.54) is 44.9 Å². The first-order valence-electron chi connectivity index (χ1n) is 6.45. The van der Waals surface area contributed by atoms with Crippen LogP contribution in [0.5, 0.6) is 0 Å². The Hall–Kier alpha value is 0.0400. The second-order valence-corrected chi connectivity index (χ2v) is 4.96. The highest BCUT2D eigenvalue weighted by molar-refractivity contribution is 7.80. The number of hydrogen-bond acceptors (Lipinski definition) is 1. The van der Waals surface area contributed by atoms with Crippen molar-refractivity contribution in [3.63, 3.8) is 0 Å². The molecule has 0 amide bonds. The van der Waals surface area contributed by atoms with E-state index >= 15 is 0 Å². The standard InChI is InChI=1S/C13H24N2S.BrH/c1-14-10-11-15(13-14)9-7-5-3-2-4-6-8-12-16;/h10-11,13H,2-9,12H2,1H3;1H. The highest BCUT2D eigenvalue weighted by atomic mass is 79.9. The second-order valence-electron chi connectivity index (χ2n) is 4.52. The lowest BCUT2D eigenvalue weighted by atomic mass is 10.1. The first kappa shape index (κ1) is 17.0. The summed E-state index contributed by atoms with van der Waals surface area (Å²) in [6.45, 7) is 1.16. The summed E-state index contributed by atoms with van der Waals surface area (Å²) in [5, 5.41) is 0. The summed E-state index contributed by atoms with van der Waals surface area (Å²) in [5.74, 6) is 1.05. The number of hydrogen-bond donors (Lipinski definition) is 1. The van der Waals surface area contributed by atoms with Crippen molar-refractivity contribution >= 4 is 12.6 Å². The molecule has 0 radical (unpaired) electrons. The molecule has 0 fully saturated rings. The number of halogens is 1. The van der Waals surface area contributed by atoms with E-state index in [0.29, 0.717) is 0 Å². The Morgan fingerprint density at radius 3 is 2.12 bits per heavy atom. The number of thiol groups is 1. The molecule has 0 aliphatic rings. The minimum absolute atomic E-state index is 0. The van der Waals surface area contributed by atoms with E-state index in [1.807, 2.05) is 0 Å². The van der Waals surface area contributed by atoms with E-state index in [2.05, 4.69) is 47.5 Å². The fourth-order valence-electron chi connectivity index (χ4n) is 1.92. The van der Waals surface area contributed by atoms with Gasteiger partial charge in [-0.3, -0.25) is 0 Å². The molecule has 0 aliphatic heterocycles. The van der Waals surface area contributed by atoms with Crippen LogP contribution in [0.2, 0.25) is 0 Å². The molecule has 4 heteroatoms. The topological polar surface area (TPSA) is 8.81 Å². The number of aryl methyl sites for hydroxylation is 2. The van der Waals surface area contributed by atoms with Crippen LogP contribution in [0.15, 0.2) is 18.7 Å². The number of nitrogens with zero attached hydrogens (tertiary/aromatic N) is 2. The smallest absolute Gasteiger partial charge is 0.243 e. The van der Waals surface area contributed by atoms with Gasteiger partial charge in [-0.15, -0.1) is 0 Å². The minimum atomic E-state index is 0. The zero-order valence-corrected chi connectivity index (χ0v) is 13.3. The Bertz CT molecular complexity index is 276. The van der Waals surface area contributed by atoms with Gasteiger partial charge in [-0.05, 0) is 25.0 Å². The Morgan fingerprint density at radius 1 is 1.00 bits per heavy atom. The van der Waals surface area contributed by atoms with Crippen LogP contribution < -0.4 is 21.5 Å². The Kier molecular flexibility index (Phi) is 11.2. The molecule has 0 unspecified atom stereocenters. The average molecular weight is 321 g/mol. The Balaban J connectivity index is 0.00000256. The summed E-state index contributed by atoms with van der Waals surface area (Å²) in [5.41, 5.74) is 0. The van der Waals surface area contributed by atoms with Gasteiger partial charge in [-0.25, -0.2) is 9.13 Å². The monoisotopic (exact) mass is 320 g/mol. The first-order valence-corrected chi connectivity index (χ1v) is 7.08. The van der Waals surface area contributed by atoms with Crippen LogP contribution in [-0.4, -0.2) is 10.3 Å². The number of unbranched alkanes of at least 4 members (excludes halogenated alkanes) is 6. The van der Waals surface area contributed by atoms with Gasteiger partial charge < -0.3 is 17.0 Å². The normalized spacial score (nSPS) is 10.2. The van der Waals surface area contributed by atoms with Crippen molar-refractivity contribution < 1.29 is 21.5 Å². The summed E-state index contributed by atoms with van der Waals surface area (Å²) < 4.78 is 4.36. The second kappa shape index (κ2) is 11.1. The molecule has 0 aromatic carbocycles. The van der Waals surface area contributed by atoms with E-state index in [0.717, 1.165) is 12.3 Å². The predicted molar refractivity (Wildman–Crippen MR) is 71.8 cm³/mol. The molecule has 100 valence electrons. The van der Waals surface area contributed by atoms with E-state index in [4.69, 9.17) is 0 Å². The maximum atomic E-state index is 4.22. The molecule has 1 aromatic rings. The predicted octanol–water partition coefficient (Wildman–Crippen LogP) is -0.0229. The third-order valence-electron chi connectivity index (χ3n) is 2.90. The molecule has 0 bridgehead atoms. The molecule has 1 rings (SSSR count). The van der Waals surface area contributed by atoms with E-state index in [1.54, 1.807) is 0 Å². The Labute approximate surface area is 122 Å². The maximum Gasteiger partial charge on any atom is 0.243 e. The zero-order chi connectivity index (χ0) is 11.6. The van der Waals surface area contributed by atoms with Crippen molar-refractivity contribution in [2.45, 2.75) is 51.5 Å². The van der Waals surface area contributed by atoms with Gasteiger partial charge in [0.1, 0.15) is 12.4 Å². The molecule has 0 saturated heterocycles. The van der Waals surface area contributed by atoms with Gasteiger partial charge >= 0.3 is 0 Å². The van der Waals surface area contributed by atoms with Crippen LogP contribution in [0.25, 0.3) is 0 Å². The molecule has 0 atom stereocenters. The summed E-state index contributed by atoms with van der Waals surface area (Å²) in [4.78, 5) is 0. The first-order chi connectivity index (χ1) is 7.83. The van der Waals surface area contributed by atoms with Crippen molar-refractivity contribution in [2.24, 2.45) is 7.05 Å². The number of aromatic nitrogens is 2. The van der Waals surface area contributed by atoms with Gasteiger partial charge in [0.25, 0.3) is 0 Å². The largest absolute Gasteiger partial charge is 1.00 e. The number of imidazole rings is 1. The lowest BCUT2D eigenvalue weighted by Gasteiger charge is -2.00. The SMILES string of the molecule is C[n+]1ccn(CCCCCCCCCS)c1.[Br-]. The van der Waals surface area contributed by atoms with E-state index < -0.39 is 0 Å². The fraction of sp³-hybridized carbons (Fsp3) is 0.769.